The van der Waals surface area contributed by atoms with E-state index in [0.717, 1.165) is 19.9 Å². The van der Waals surface area contributed by atoms with E-state index in [1.165, 1.54) is 18.4 Å². The summed E-state index contributed by atoms with van der Waals surface area (Å²) in [5.74, 6) is 0. The van der Waals surface area contributed by atoms with E-state index in [2.05, 4.69) is 4.98 Å². The fourth-order valence-electron chi connectivity index (χ4n) is 0.887. The summed E-state index contributed by atoms with van der Waals surface area (Å²) in [4.78, 5) is 5.32. The Balaban J connectivity index is 2.80. The Hall–Kier alpha value is -0.500. The van der Waals surface area contributed by atoms with E-state index < -0.39 is 10.2 Å². The standard InChI is InChI=1S/C7H13N3O2S2/c1-5-6(2)13-7(9-5)4-10(3)14(8,11)12/h4H2,1-3H3,(H2,8,11,12). The smallest absolute Gasteiger partial charge is 0.245 e. The fourth-order valence-corrected chi connectivity index (χ4v) is 2.26. The molecule has 1 aromatic heterocycles. The zero-order chi connectivity index (χ0) is 10.9. The lowest BCUT2D eigenvalue weighted by Gasteiger charge is -2.10. The molecule has 80 valence electrons. The van der Waals surface area contributed by atoms with Crippen molar-refractivity contribution in [3.63, 3.8) is 0 Å². The summed E-state index contributed by atoms with van der Waals surface area (Å²) in [7, 11) is -2.17. The molecule has 1 aromatic rings. The van der Waals surface area contributed by atoms with E-state index in [1.54, 1.807) is 0 Å². The van der Waals surface area contributed by atoms with Gasteiger partial charge in [0.25, 0.3) is 10.2 Å². The minimum atomic E-state index is -3.60. The molecule has 0 saturated carbocycles. The number of nitrogens with two attached hydrogens (primary N) is 1. The highest BCUT2D eigenvalue weighted by atomic mass is 32.2. The van der Waals surface area contributed by atoms with Gasteiger partial charge in [-0.3, -0.25) is 0 Å². The van der Waals surface area contributed by atoms with Crippen LogP contribution in [0, 0.1) is 13.8 Å². The van der Waals surface area contributed by atoms with Crippen molar-refractivity contribution >= 4 is 21.5 Å². The summed E-state index contributed by atoms with van der Waals surface area (Å²) in [6.45, 7) is 4.08. The van der Waals surface area contributed by atoms with E-state index in [1.807, 2.05) is 13.8 Å². The Morgan fingerprint density at radius 2 is 2.07 bits per heavy atom. The van der Waals surface area contributed by atoms with Crippen LogP contribution in [0.4, 0.5) is 0 Å². The topological polar surface area (TPSA) is 76.3 Å². The lowest BCUT2D eigenvalue weighted by molar-refractivity contribution is 0.467. The highest BCUT2D eigenvalue weighted by Crippen LogP contribution is 2.17. The second-order valence-corrected chi connectivity index (χ2v) is 5.99. The van der Waals surface area contributed by atoms with Gasteiger partial charge in [-0.2, -0.15) is 12.7 Å². The molecule has 7 heteroatoms. The molecule has 14 heavy (non-hydrogen) atoms. The molecule has 0 amide bonds. The quantitative estimate of drug-likeness (QED) is 0.823. The Morgan fingerprint density at radius 1 is 1.50 bits per heavy atom. The Morgan fingerprint density at radius 3 is 2.43 bits per heavy atom. The first kappa shape index (κ1) is 11.6. The van der Waals surface area contributed by atoms with Crippen LogP contribution in [-0.4, -0.2) is 24.8 Å². The highest BCUT2D eigenvalue weighted by molar-refractivity contribution is 7.86. The highest BCUT2D eigenvalue weighted by Gasteiger charge is 2.14. The fraction of sp³-hybridized carbons (Fsp3) is 0.571. The minimum absolute atomic E-state index is 0.234. The van der Waals surface area contributed by atoms with Gasteiger partial charge in [0.2, 0.25) is 0 Å². The third-order valence-corrected chi connectivity index (χ3v) is 3.92. The van der Waals surface area contributed by atoms with Crippen molar-refractivity contribution in [3.05, 3.63) is 15.6 Å². The molecule has 0 saturated heterocycles. The van der Waals surface area contributed by atoms with Crippen LogP contribution in [0.3, 0.4) is 0 Å². The van der Waals surface area contributed by atoms with Gasteiger partial charge in [-0.05, 0) is 13.8 Å². The van der Waals surface area contributed by atoms with Crippen LogP contribution in [0.5, 0.6) is 0 Å². The molecule has 0 fully saturated rings. The van der Waals surface area contributed by atoms with Gasteiger partial charge in [-0.25, -0.2) is 10.1 Å². The summed E-state index contributed by atoms with van der Waals surface area (Å²) in [6, 6.07) is 0. The molecule has 0 radical (unpaired) electrons. The molecule has 2 N–H and O–H groups in total. The number of rotatable bonds is 3. The number of aryl methyl sites for hydroxylation is 2. The van der Waals surface area contributed by atoms with Crippen LogP contribution in [0.2, 0.25) is 0 Å². The Bertz CT molecular complexity index is 405. The van der Waals surface area contributed by atoms with Gasteiger partial charge in [-0.15, -0.1) is 11.3 Å². The molecular weight excluding hydrogens is 222 g/mol. The summed E-state index contributed by atoms with van der Waals surface area (Å²) < 4.78 is 22.9. The summed E-state index contributed by atoms with van der Waals surface area (Å²) >= 11 is 1.49. The van der Waals surface area contributed by atoms with Crippen molar-refractivity contribution < 1.29 is 8.42 Å². The van der Waals surface area contributed by atoms with Gasteiger partial charge in [0.1, 0.15) is 5.01 Å². The molecule has 0 aromatic carbocycles. The van der Waals surface area contributed by atoms with Crippen LogP contribution in [0.1, 0.15) is 15.6 Å². The molecule has 0 bridgehead atoms. The second-order valence-electron chi connectivity index (χ2n) is 3.05. The maximum absolute atomic E-state index is 10.9. The first-order valence-corrected chi connectivity index (χ1v) is 6.29. The average Bonchev–Trinajstić information content (AvgIpc) is 2.29. The minimum Gasteiger partial charge on any atom is -0.245 e. The molecule has 0 spiro atoms. The number of nitrogens with zero attached hydrogens (tertiary/aromatic N) is 2. The van der Waals surface area contributed by atoms with Crippen LogP contribution in [-0.2, 0) is 16.8 Å². The maximum atomic E-state index is 10.9. The predicted octanol–water partition coefficient (Wildman–Crippen LogP) is 0.395. The van der Waals surface area contributed by atoms with Crippen molar-refractivity contribution in [2.45, 2.75) is 20.4 Å². The maximum Gasteiger partial charge on any atom is 0.277 e. The molecule has 0 unspecified atom stereocenters. The first-order valence-electron chi connectivity index (χ1n) is 3.97. The predicted molar refractivity (Wildman–Crippen MR) is 56.2 cm³/mol. The van der Waals surface area contributed by atoms with Crippen molar-refractivity contribution in [3.8, 4) is 0 Å². The van der Waals surface area contributed by atoms with Gasteiger partial charge in [-0.1, -0.05) is 0 Å². The molecule has 0 aliphatic heterocycles. The molecule has 0 aliphatic carbocycles. The lowest BCUT2D eigenvalue weighted by atomic mass is 10.4. The third-order valence-electron chi connectivity index (χ3n) is 1.87. The number of hydrogen-bond donors (Lipinski definition) is 1. The second kappa shape index (κ2) is 3.93. The van der Waals surface area contributed by atoms with Gasteiger partial charge in [0, 0.05) is 11.9 Å². The number of thiazole rings is 1. The molecule has 0 aliphatic rings. The number of aromatic nitrogens is 1. The van der Waals surface area contributed by atoms with Crippen LogP contribution < -0.4 is 5.14 Å². The average molecular weight is 235 g/mol. The van der Waals surface area contributed by atoms with E-state index >= 15 is 0 Å². The monoisotopic (exact) mass is 235 g/mol. The zero-order valence-electron chi connectivity index (χ0n) is 8.31. The van der Waals surface area contributed by atoms with Gasteiger partial charge in [0.15, 0.2) is 0 Å². The molecular formula is C7H13N3O2S2. The van der Waals surface area contributed by atoms with Crippen LogP contribution >= 0.6 is 11.3 Å². The lowest BCUT2D eigenvalue weighted by Crippen LogP contribution is -2.32. The summed E-state index contributed by atoms with van der Waals surface area (Å²) in [6.07, 6.45) is 0. The van der Waals surface area contributed by atoms with Gasteiger partial charge in [0.05, 0.1) is 12.2 Å². The normalized spacial score (nSPS) is 12.4. The van der Waals surface area contributed by atoms with Gasteiger partial charge < -0.3 is 0 Å². The molecule has 1 heterocycles. The Kier molecular flexibility index (Phi) is 3.25. The van der Waals surface area contributed by atoms with Crippen molar-refractivity contribution in [2.75, 3.05) is 7.05 Å². The molecule has 1 rings (SSSR count). The summed E-state index contributed by atoms with van der Waals surface area (Å²) in [5.41, 5.74) is 0.938. The van der Waals surface area contributed by atoms with Crippen LogP contribution in [0.25, 0.3) is 0 Å². The third kappa shape index (κ3) is 2.74. The zero-order valence-corrected chi connectivity index (χ0v) is 9.94. The van der Waals surface area contributed by atoms with Crippen molar-refractivity contribution in [2.24, 2.45) is 5.14 Å². The number of hydrogen-bond acceptors (Lipinski definition) is 4. The van der Waals surface area contributed by atoms with E-state index in [0.29, 0.717) is 0 Å². The Labute approximate surface area is 87.7 Å². The van der Waals surface area contributed by atoms with E-state index in [-0.39, 0.29) is 6.54 Å². The molecule has 5 nitrogen and oxygen atoms in total. The van der Waals surface area contributed by atoms with Crippen LogP contribution in [0.15, 0.2) is 0 Å². The van der Waals surface area contributed by atoms with Crippen molar-refractivity contribution in [1.29, 1.82) is 0 Å². The van der Waals surface area contributed by atoms with E-state index in [4.69, 9.17) is 5.14 Å². The summed E-state index contributed by atoms with van der Waals surface area (Å²) in [5, 5.41) is 5.71. The van der Waals surface area contributed by atoms with Crippen molar-refractivity contribution in [1.82, 2.24) is 9.29 Å². The van der Waals surface area contributed by atoms with Gasteiger partial charge >= 0.3 is 0 Å². The van der Waals surface area contributed by atoms with E-state index in [9.17, 15) is 8.42 Å². The first-order chi connectivity index (χ1) is 6.30. The largest absolute Gasteiger partial charge is 0.277 e. The SMILES string of the molecule is Cc1nc(CN(C)S(N)(=O)=O)sc1C. The molecule has 0 atom stereocenters.